The quantitative estimate of drug-likeness (QED) is 0.264. The van der Waals surface area contributed by atoms with Crippen molar-refractivity contribution in [3.05, 3.63) is 99.5 Å². The molecule has 0 aliphatic carbocycles. The Labute approximate surface area is 253 Å². The summed E-state index contributed by atoms with van der Waals surface area (Å²) in [7, 11) is -4.26. The Balaban J connectivity index is 2.08. The van der Waals surface area contributed by atoms with Crippen molar-refractivity contribution in [3.8, 4) is 0 Å². The van der Waals surface area contributed by atoms with E-state index in [1.54, 1.807) is 54.6 Å². The summed E-state index contributed by atoms with van der Waals surface area (Å²) in [5.74, 6) is -1.26. The highest BCUT2D eigenvalue weighted by atomic mass is 35.5. The molecule has 0 unspecified atom stereocenters. The highest BCUT2D eigenvalue weighted by Gasteiger charge is 2.36. The molecule has 0 bridgehead atoms. The zero-order valence-electron chi connectivity index (χ0n) is 22.9. The minimum absolute atomic E-state index is 0.0981. The summed E-state index contributed by atoms with van der Waals surface area (Å²) < 4.78 is 66.9. The van der Waals surface area contributed by atoms with Crippen LogP contribution in [0.3, 0.4) is 0 Å². The summed E-state index contributed by atoms with van der Waals surface area (Å²) in [5, 5.41) is 2.63. The summed E-state index contributed by atoms with van der Waals surface area (Å²) in [6.07, 6.45) is -3.34. The molecule has 3 aromatic carbocycles. The molecule has 0 aliphatic rings. The van der Waals surface area contributed by atoms with E-state index in [2.05, 4.69) is 5.32 Å². The van der Waals surface area contributed by atoms with Crippen molar-refractivity contribution in [2.24, 2.45) is 0 Å². The number of nitrogens with zero attached hydrogens (tertiary/aromatic N) is 2. The van der Waals surface area contributed by atoms with E-state index in [1.807, 2.05) is 6.92 Å². The Morgan fingerprint density at radius 2 is 1.60 bits per heavy atom. The Bertz CT molecular complexity index is 1490. The number of alkyl halides is 3. The summed E-state index contributed by atoms with van der Waals surface area (Å²) >= 11 is 11.8. The zero-order valence-corrected chi connectivity index (χ0v) is 25.2. The van der Waals surface area contributed by atoms with Crippen LogP contribution in [-0.4, -0.2) is 50.5 Å². The van der Waals surface area contributed by atoms with Gasteiger partial charge in [-0.1, -0.05) is 72.6 Å². The van der Waals surface area contributed by atoms with Crippen molar-refractivity contribution >= 4 is 50.7 Å². The first-order valence-corrected chi connectivity index (χ1v) is 15.5. The number of carbonyl (C=O) groups excluding carboxylic acids is 2. The fourth-order valence-electron chi connectivity index (χ4n) is 4.21. The summed E-state index contributed by atoms with van der Waals surface area (Å²) in [6.45, 7) is 1.25. The van der Waals surface area contributed by atoms with E-state index < -0.39 is 56.9 Å². The smallest absolute Gasteiger partial charge is 0.354 e. The van der Waals surface area contributed by atoms with Gasteiger partial charge in [0.25, 0.3) is 0 Å². The normalized spacial score (nSPS) is 12.5. The largest absolute Gasteiger partial charge is 0.417 e. The lowest BCUT2D eigenvalue weighted by atomic mass is 10.0. The Hall–Kier alpha value is -3.28. The first-order chi connectivity index (χ1) is 19.7. The maximum Gasteiger partial charge on any atom is 0.417 e. The second-order valence-electron chi connectivity index (χ2n) is 9.58. The predicted molar refractivity (Wildman–Crippen MR) is 158 cm³/mol. The van der Waals surface area contributed by atoms with Gasteiger partial charge in [0, 0.05) is 24.5 Å². The van der Waals surface area contributed by atoms with Gasteiger partial charge in [-0.25, -0.2) is 8.42 Å². The van der Waals surface area contributed by atoms with Crippen molar-refractivity contribution < 1.29 is 31.2 Å². The van der Waals surface area contributed by atoms with Gasteiger partial charge in [-0.3, -0.25) is 13.9 Å². The standard InChI is InChI=1S/C29H30Cl2F3N3O4S/c1-3-15-35-28(39)26(16-20-7-5-4-6-8-20)36(18-21-9-11-22(30)12-10-21)27(38)19-37(42(2,40)41)23-13-14-25(31)24(17-23)29(32,33)34/h4-14,17,26H,3,15-16,18-19H2,1-2H3,(H,35,39)/t26-/m0/s1. The summed E-state index contributed by atoms with van der Waals surface area (Å²) in [6, 6.07) is 17.0. The molecule has 1 N–H and O–H groups in total. The van der Waals surface area contributed by atoms with Crippen LogP contribution in [0.4, 0.5) is 18.9 Å². The molecule has 0 heterocycles. The van der Waals surface area contributed by atoms with Crippen LogP contribution in [0.5, 0.6) is 0 Å². The average Bonchev–Trinajstić information content (AvgIpc) is 2.93. The molecule has 0 aliphatic heterocycles. The minimum Gasteiger partial charge on any atom is -0.354 e. The van der Waals surface area contributed by atoms with Gasteiger partial charge in [0.05, 0.1) is 22.5 Å². The first kappa shape index (κ1) is 33.2. The SMILES string of the molecule is CCCNC(=O)[C@H](Cc1ccccc1)N(Cc1ccc(Cl)cc1)C(=O)CN(c1ccc(Cl)c(C(F)(F)F)c1)S(C)(=O)=O. The van der Waals surface area contributed by atoms with E-state index in [4.69, 9.17) is 23.2 Å². The van der Waals surface area contributed by atoms with Gasteiger partial charge in [0.2, 0.25) is 21.8 Å². The average molecular weight is 645 g/mol. The third-order valence-electron chi connectivity index (χ3n) is 6.31. The summed E-state index contributed by atoms with van der Waals surface area (Å²) in [4.78, 5) is 28.6. The topological polar surface area (TPSA) is 86.8 Å². The Morgan fingerprint density at radius 3 is 2.17 bits per heavy atom. The molecular weight excluding hydrogens is 614 g/mol. The molecule has 1 atom stereocenters. The van der Waals surface area contributed by atoms with E-state index in [9.17, 15) is 31.2 Å². The van der Waals surface area contributed by atoms with Crippen LogP contribution in [-0.2, 0) is 38.8 Å². The summed E-state index contributed by atoms with van der Waals surface area (Å²) in [5.41, 5.74) is -0.299. The molecule has 13 heteroatoms. The number of anilines is 1. The molecule has 2 amide bonds. The van der Waals surface area contributed by atoms with Crippen LogP contribution < -0.4 is 9.62 Å². The predicted octanol–water partition coefficient (Wildman–Crippen LogP) is 5.94. The zero-order chi connectivity index (χ0) is 31.1. The van der Waals surface area contributed by atoms with Crippen LogP contribution in [0.1, 0.15) is 30.0 Å². The molecular formula is C29H30Cl2F3N3O4S. The van der Waals surface area contributed by atoms with Crippen LogP contribution in [0, 0.1) is 0 Å². The molecule has 0 aromatic heterocycles. The van der Waals surface area contributed by atoms with Crippen molar-refractivity contribution in [3.63, 3.8) is 0 Å². The van der Waals surface area contributed by atoms with Crippen molar-refractivity contribution in [2.75, 3.05) is 23.7 Å². The van der Waals surface area contributed by atoms with Gasteiger partial charge in [-0.2, -0.15) is 13.2 Å². The van der Waals surface area contributed by atoms with Crippen molar-refractivity contribution in [1.82, 2.24) is 10.2 Å². The minimum atomic E-state index is -4.86. The molecule has 0 fully saturated rings. The Kier molecular flexibility index (Phi) is 11.3. The lowest BCUT2D eigenvalue weighted by Crippen LogP contribution is -2.53. The molecule has 7 nitrogen and oxygen atoms in total. The lowest BCUT2D eigenvalue weighted by Gasteiger charge is -2.33. The molecule has 3 rings (SSSR count). The number of halogens is 5. The van der Waals surface area contributed by atoms with E-state index in [0.29, 0.717) is 33.9 Å². The third-order valence-corrected chi connectivity index (χ3v) is 8.03. The number of hydrogen-bond donors (Lipinski definition) is 1. The van der Waals surface area contributed by atoms with Gasteiger partial charge in [-0.15, -0.1) is 0 Å². The van der Waals surface area contributed by atoms with E-state index in [-0.39, 0.29) is 13.0 Å². The molecule has 3 aromatic rings. The molecule has 0 saturated carbocycles. The lowest BCUT2D eigenvalue weighted by molar-refractivity contribution is -0.140. The Morgan fingerprint density at radius 1 is 0.952 bits per heavy atom. The number of rotatable bonds is 12. The van der Waals surface area contributed by atoms with Gasteiger partial charge >= 0.3 is 6.18 Å². The second kappa shape index (κ2) is 14.3. The van der Waals surface area contributed by atoms with E-state index >= 15 is 0 Å². The molecule has 0 radical (unpaired) electrons. The van der Waals surface area contributed by atoms with E-state index in [1.165, 1.54) is 4.90 Å². The number of nitrogens with one attached hydrogen (secondary N) is 1. The van der Waals surface area contributed by atoms with Crippen LogP contribution in [0.15, 0.2) is 72.8 Å². The van der Waals surface area contributed by atoms with Crippen molar-refractivity contribution in [1.29, 1.82) is 0 Å². The second-order valence-corrected chi connectivity index (χ2v) is 12.3. The highest BCUT2D eigenvalue weighted by molar-refractivity contribution is 7.92. The van der Waals surface area contributed by atoms with Gasteiger partial charge in [-0.05, 0) is 47.9 Å². The van der Waals surface area contributed by atoms with Gasteiger partial charge in [0.1, 0.15) is 12.6 Å². The highest BCUT2D eigenvalue weighted by Crippen LogP contribution is 2.37. The van der Waals surface area contributed by atoms with Crippen LogP contribution >= 0.6 is 23.2 Å². The molecule has 42 heavy (non-hydrogen) atoms. The van der Waals surface area contributed by atoms with E-state index in [0.717, 1.165) is 24.0 Å². The molecule has 0 saturated heterocycles. The fraction of sp³-hybridized carbons (Fsp3) is 0.310. The molecule has 226 valence electrons. The van der Waals surface area contributed by atoms with Crippen LogP contribution in [0.25, 0.3) is 0 Å². The van der Waals surface area contributed by atoms with Crippen molar-refractivity contribution in [2.45, 2.75) is 38.5 Å². The number of amides is 2. The van der Waals surface area contributed by atoms with Crippen LogP contribution in [0.2, 0.25) is 10.0 Å². The number of carbonyl (C=O) groups is 2. The third kappa shape index (κ3) is 9.11. The van der Waals surface area contributed by atoms with Gasteiger partial charge < -0.3 is 10.2 Å². The first-order valence-electron chi connectivity index (χ1n) is 12.9. The number of sulfonamides is 1. The number of hydrogen-bond acceptors (Lipinski definition) is 4. The number of benzene rings is 3. The maximum atomic E-state index is 14.0. The maximum absolute atomic E-state index is 14.0. The monoisotopic (exact) mass is 643 g/mol. The van der Waals surface area contributed by atoms with Gasteiger partial charge in [0.15, 0.2) is 0 Å². The molecule has 0 spiro atoms. The fourth-order valence-corrected chi connectivity index (χ4v) is 5.40.